The molecule has 4 aromatic rings. The van der Waals surface area contributed by atoms with Crippen LogP contribution < -0.4 is 10.6 Å². The van der Waals surface area contributed by atoms with Crippen LogP contribution >= 0.6 is 22.9 Å². The molecule has 0 aliphatic heterocycles. The van der Waals surface area contributed by atoms with Crippen molar-refractivity contribution in [1.82, 2.24) is 0 Å². The van der Waals surface area contributed by atoms with E-state index in [-0.39, 0.29) is 11.8 Å². The molecular formula is C24H17ClN2O3S. The molecule has 2 heterocycles. The van der Waals surface area contributed by atoms with E-state index in [9.17, 15) is 9.59 Å². The third kappa shape index (κ3) is 5.51. The van der Waals surface area contributed by atoms with Crippen LogP contribution in [0.15, 0.2) is 88.7 Å². The number of amides is 2. The average molecular weight is 449 g/mol. The lowest BCUT2D eigenvalue weighted by atomic mass is 10.2. The second-order valence-corrected chi connectivity index (χ2v) is 7.92. The number of rotatable bonds is 6. The maximum absolute atomic E-state index is 12.2. The van der Waals surface area contributed by atoms with Gasteiger partial charge in [0.15, 0.2) is 0 Å². The van der Waals surface area contributed by atoms with E-state index in [0.29, 0.717) is 32.8 Å². The van der Waals surface area contributed by atoms with Gasteiger partial charge >= 0.3 is 0 Å². The topological polar surface area (TPSA) is 71.3 Å². The number of furan rings is 1. The van der Waals surface area contributed by atoms with E-state index in [0.717, 1.165) is 5.56 Å². The van der Waals surface area contributed by atoms with Gasteiger partial charge in [-0.1, -0.05) is 17.7 Å². The van der Waals surface area contributed by atoms with Gasteiger partial charge in [0, 0.05) is 28.0 Å². The molecular weight excluding hydrogens is 432 g/mol. The zero-order valence-electron chi connectivity index (χ0n) is 16.2. The Morgan fingerprint density at radius 2 is 1.58 bits per heavy atom. The van der Waals surface area contributed by atoms with Crippen LogP contribution in [-0.2, 0) is 4.79 Å². The van der Waals surface area contributed by atoms with E-state index < -0.39 is 0 Å². The predicted octanol–water partition coefficient (Wildman–Crippen LogP) is 6.57. The molecule has 5 nitrogen and oxygen atoms in total. The van der Waals surface area contributed by atoms with Gasteiger partial charge in [0.05, 0.1) is 4.88 Å². The maximum Gasteiger partial charge on any atom is 0.265 e. The van der Waals surface area contributed by atoms with Gasteiger partial charge < -0.3 is 15.1 Å². The zero-order valence-corrected chi connectivity index (χ0v) is 17.7. The molecule has 0 spiro atoms. The Labute approximate surface area is 188 Å². The molecule has 31 heavy (non-hydrogen) atoms. The van der Waals surface area contributed by atoms with Crippen LogP contribution in [0.5, 0.6) is 0 Å². The van der Waals surface area contributed by atoms with E-state index in [1.807, 2.05) is 29.6 Å². The summed E-state index contributed by atoms with van der Waals surface area (Å²) in [6.45, 7) is 0. The van der Waals surface area contributed by atoms with Gasteiger partial charge in [-0.15, -0.1) is 11.3 Å². The molecule has 0 bridgehead atoms. The molecule has 7 heteroatoms. The molecule has 0 saturated heterocycles. The van der Waals surface area contributed by atoms with Gasteiger partial charge in [-0.3, -0.25) is 9.59 Å². The summed E-state index contributed by atoms with van der Waals surface area (Å²) in [5.74, 6) is 0.801. The van der Waals surface area contributed by atoms with Crippen molar-refractivity contribution in [3.05, 3.63) is 99.9 Å². The Hall–Kier alpha value is -3.61. The SMILES string of the molecule is O=C(C=Cc1ccc(-c2ccc(Cl)cc2)o1)Nc1ccc(NC(=O)c2cccs2)cc1. The standard InChI is InChI=1S/C24H17ClN2O3S/c25-17-5-3-16(4-6-17)21-13-11-20(30-21)12-14-23(28)26-18-7-9-19(10-8-18)27-24(29)22-2-1-15-31-22/h1-15H,(H,26,28)(H,27,29). The summed E-state index contributed by atoms with van der Waals surface area (Å²) in [6, 6.07) is 21.5. The van der Waals surface area contributed by atoms with Crippen molar-refractivity contribution >= 4 is 52.2 Å². The molecule has 2 amide bonds. The first kappa shape index (κ1) is 20.7. The minimum atomic E-state index is -0.292. The second-order valence-electron chi connectivity index (χ2n) is 6.54. The van der Waals surface area contributed by atoms with Crippen LogP contribution in [0.1, 0.15) is 15.4 Å². The number of thiophene rings is 1. The van der Waals surface area contributed by atoms with Crippen LogP contribution in [0.25, 0.3) is 17.4 Å². The lowest BCUT2D eigenvalue weighted by Gasteiger charge is -2.06. The van der Waals surface area contributed by atoms with Crippen LogP contribution in [0.2, 0.25) is 5.02 Å². The Bertz CT molecular complexity index is 1210. The number of anilines is 2. The fraction of sp³-hybridized carbons (Fsp3) is 0. The lowest BCUT2D eigenvalue weighted by molar-refractivity contribution is -0.111. The summed E-state index contributed by atoms with van der Waals surface area (Å²) in [7, 11) is 0. The first-order valence-corrected chi connectivity index (χ1v) is 10.6. The van der Waals surface area contributed by atoms with E-state index >= 15 is 0 Å². The average Bonchev–Trinajstić information content (AvgIpc) is 3.47. The summed E-state index contributed by atoms with van der Waals surface area (Å²) in [4.78, 5) is 24.9. The number of nitrogens with one attached hydrogen (secondary N) is 2. The molecule has 2 N–H and O–H groups in total. The Morgan fingerprint density at radius 3 is 2.26 bits per heavy atom. The molecule has 0 fully saturated rings. The summed E-state index contributed by atoms with van der Waals surface area (Å²) in [5, 5.41) is 8.09. The number of benzene rings is 2. The highest BCUT2D eigenvalue weighted by molar-refractivity contribution is 7.12. The highest BCUT2D eigenvalue weighted by atomic mass is 35.5. The van der Waals surface area contributed by atoms with Crippen molar-refractivity contribution in [1.29, 1.82) is 0 Å². The first-order chi connectivity index (χ1) is 15.1. The van der Waals surface area contributed by atoms with E-state index in [1.54, 1.807) is 54.6 Å². The van der Waals surface area contributed by atoms with Crippen LogP contribution in [0.4, 0.5) is 11.4 Å². The minimum absolute atomic E-state index is 0.161. The molecule has 4 rings (SSSR count). The van der Waals surface area contributed by atoms with Gasteiger partial charge in [0.25, 0.3) is 5.91 Å². The lowest BCUT2D eigenvalue weighted by Crippen LogP contribution is -2.10. The fourth-order valence-corrected chi connectivity index (χ4v) is 3.54. The number of carbonyl (C=O) groups excluding carboxylic acids is 2. The molecule has 0 aliphatic carbocycles. The van der Waals surface area contributed by atoms with Crippen molar-refractivity contribution in [2.75, 3.05) is 10.6 Å². The molecule has 154 valence electrons. The van der Waals surface area contributed by atoms with Crippen molar-refractivity contribution in [2.45, 2.75) is 0 Å². The molecule has 0 atom stereocenters. The van der Waals surface area contributed by atoms with E-state index in [2.05, 4.69) is 10.6 Å². The molecule has 2 aromatic heterocycles. The summed E-state index contributed by atoms with van der Waals surface area (Å²) in [5.41, 5.74) is 2.17. The number of carbonyl (C=O) groups is 2. The first-order valence-electron chi connectivity index (χ1n) is 9.36. The molecule has 0 radical (unpaired) electrons. The van der Waals surface area contributed by atoms with Gasteiger partial charge in [-0.2, -0.15) is 0 Å². The summed E-state index contributed by atoms with van der Waals surface area (Å²) in [6.07, 6.45) is 3.00. The Morgan fingerprint density at radius 1 is 0.871 bits per heavy atom. The largest absolute Gasteiger partial charge is 0.457 e. The smallest absolute Gasteiger partial charge is 0.265 e. The van der Waals surface area contributed by atoms with Crippen molar-refractivity contribution < 1.29 is 14.0 Å². The van der Waals surface area contributed by atoms with Crippen molar-refractivity contribution in [3.8, 4) is 11.3 Å². The fourth-order valence-electron chi connectivity index (χ4n) is 2.79. The molecule has 2 aromatic carbocycles. The van der Waals surface area contributed by atoms with Gasteiger partial charge in [0.2, 0.25) is 5.91 Å². The second kappa shape index (κ2) is 9.47. The Balaban J connectivity index is 1.33. The Kier molecular flexibility index (Phi) is 6.31. The molecule has 0 aliphatic rings. The van der Waals surface area contributed by atoms with Gasteiger partial charge in [-0.05, 0) is 78.2 Å². The van der Waals surface area contributed by atoms with E-state index in [1.165, 1.54) is 17.4 Å². The monoisotopic (exact) mass is 448 g/mol. The van der Waals surface area contributed by atoms with Gasteiger partial charge in [0.1, 0.15) is 11.5 Å². The highest BCUT2D eigenvalue weighted by Gasteiger charge is 2.07. The van der Waals surface area contributed by atoms with Crippen molar-refractivity contribution in [3.63, 3.8) is 0 Å². The molecule has 0 unspecified atom stereocenters. The number of hydrogen-bond donors (Lipinski definition) is 2. The third-order valence-electron chi connectivity index (χ3n) is 4.31. The molecule has 0 saturated carbocycles. The number of halogens is 1. The van der Waals surface area contributed by atoms with Crippen LogP contribution in [0, 0.1) is 0 Å². The number of hydrogen-bond acceptors (Lipinski definition) is 4. The van der Waals surface area contributed by atoms with Crippen LogP contribution in [-0.4, -0.2) is 11.8 Å². The normalized spacial score (nSPS) is 10.9. The van der Waals surface area contributed by atoms with Gasteiger partial charge in [-0.25, -0.2) is 0 Å². The minimum Gasteiger partial charge on any atom is -0.457 e. The van der Waals surface area contributed by atoms with E-state index in [4.69, 9.17) is 16.0 Å². The predicted molar refractivity (Wildman–Crippen MR) is 126 cm³/mol. The highest BCUT2D eigenvalue weighted by Crippen LogP contribution is 2.24. The summed E-state index contributed by atoms with van der Waals surface area (Å²) < 4.78 is 5.74. The summed E-state index contributed by atoms with van der Waals surface area (Å²) >= 11 is 7.28. The maximum atomic E-state index is 12.2. The van der Waals surface area contributed by atoms with Crippen LogP contribution in [0.3, 0.4) is 0 Å². The third-order valence-corrected chi connectivity index (χ3v) is 5.43. The zero-order chi connectivity index (χ0) is 21.6. The van der Waals surface area contributed by atoms with Crippen molar-refractivity contribution in [2.24, 2.45) is 0 Å². The quantitative estimate of drug-likeness (QED) is 0.328.